The number of aromatic carboxylic acids is 1. The van der Waals surface area contributed by atoms with Gasteiger partial charge < -0.3 is 24.3 Å². The number of aliphatic carboxylic acids is 1. The molecule has 0 spiro atoms. The summed E-state index contributed by atoms with van der Waals surface area (Å²) in [5, 5.41) is 19.8. The van der Waals surface area contributed by atoms with Crippen LogP contribution in [0.3, 0.4) is 0 Å². The van der Waals surface area contributed by atoms with E-state index < -0.39 is 11.9 Å². The van der Waals surface area contributed by atoms with Gasteiger partial charge >= 0.3 is 11.9 Å². The van der Waals surface area contributed by atoms with Crippen molar-refractivity contribution in [2.45, 2.75) is 13.0 Å². The molecule has 29 heavy (non-hydrogen) atoms. The Morgan fingerprint density at radius 2 is 1.83 bits per heavy atom. The van der Waals surface area contributed by atoms with E-state index in [0.29, 0.717) is 32.4 Å². The fraction of sp³-hybridized carbons (Fsp3) is 0.200. The Balaban J connectivity index is 2.11. The molecule has 0 saturated carbocycles. The minimum absolute atomic E-state index is 0.0439. The number of methoxy groups -OCH3 is 1. The fourth-order valence-electron chi connectivity index (χ4n) is 3.01. The van der Waals surface area contributed by atoms with Gasteiger partial charge in [0.05, 0.1) is 35.7 Å². The van der Waals surface area contributed by atoms with Crippen molar-refractivity contribution in [1.82, 2.24) is 4.57 Å². The molecule has 1 aromatic heterocycles. The summed E-state index contributed by atoms with van der Waals surface area (Å²) in [5.41, 5.74) is 1.41. The maximum Gasteiger partial charge on any atom is 0.352 e. The number of ether oxygens (including phenoxy) is 2. The number of hydrogen-bond acceptors (Lipinski definition) is 4. The van der Waals surface area contributed by atoms with Gasteiger partial charge in [-0.1, -0.05) is 29.3 Å². The molecule has 0 aliphatic heterocycles. The maximum absolute atomic E-state index is 11.9. The number of carbonyl (C=O) groups is 2. The molecular weight excluding hydrogens is 421 g/mol. The Morgan fingerprint density at radius 3 is 2.45 bits per heavy atom. The maximum atomic E-state index is 11.9. The topological polar surface area (TPSA) is 98.0 Å². The lowest BCUT2D eigenvalue weighted by molar-refractivity contribution is -0.137. The molecule has 7 nitrogen and oxygen atoms in total. The third-order valence-corrected chi connectivity index (χ3v) is 5.06. The lowest BCUT2D eigenvalue weighted by Gasteiger charge is -2.13. The number of carboxylic acids is 2. The van der Waals surface area contributed by atoms with E-state index in [4.69, 9.17) is 37.8 Å². The predicted molar refractivity (Wildman–Crippen MR) is 109 cm³/mol. The highest BCUT2D eigenvalue weighted by atomic mass is 35.5. The van der Waals surface area contributed by atoms with E-state index in [1.165, 1.54) is 13.2 Å². The summed E-state index contributed by atoms with van der Waals surface area (Å²) in [6, 6.07) is 9.94. The molecule has 2 N–H and O–H groups in total. The molecule has 3 rings (SSSR count). The Kier molecular flexibility index (Phi) is 6.20. The minimum atomic E-state index is -1.11. The highest BCUT2D eigenvalue weighted by Crippen LogP contribution is 2.38. The van der Waals surface area contributed by atoms with Crippen LogP contribution in [0.2, 0.25) is 10.0 Å². The zero-order valence-electron chi connectivity index (χ0n) is 15.3. The van der Waals surface area contributed by atoms with E-state index in [9.17, 15) is 14.7 Å². The van der Waals surface area contributed by atoms with Crippen LogP contribution in [-0.2, 0) is 11.3 Å². The van der Waals surface area contributed by atoms with Crippen LogP contribution in [-0.4, -0.2) is 40.4 Å². The van der Waals surface area contributed by atoms with Gasteiger partial charge in [-0.2, -0.15) is 0 Å². The van der Waals surface area contributed by atoms with Crippen LogP contribution in [0, 0.1) is 0 Å². The Labute approximate surface area is 176 Å². The third-order valence-electron chi connectivity index (χ3n) is 4.33. The molecule has 0 amide bonds. The first-order valence-electron chi connectivity index (χ1n) is 8.54. The van der Waals surface area contributed by atoms with Crippen molar-refractivity contribution in [3.05, 3.63) is 57.7 Å². The number of benzene rings is 2. The van der Waals surface area contributed by atoms with Crippen LogP contribution in [0.5, 0.6) is 11.5 Å². The zero-order valence-corrected chi connectivity index (χ0v) is 16.8. The summed E-state index contributed by atoms with van der Waals surface area (Å²) >= 11 is 12.0. The van der Waals surface area contributed by atoms with E-state index in [2.05, 4.69) is 0 Å². The molecular formula is C20H17Cl2NO6. The van der Waals surface area contributed by atoms with E-state index in [0.717, 1.165) is 5.56 Å². The molecule has 152 valence electrons. The molecule has 0 unspecified atom stereocenters. The van der Waals surface area contributed by atoms with Crippen LogP contribution >= 0.6 is 23.2 Å². The molecule has 0 atom stereocenters. The van der Waals surface area contributed by atoms with Gasteiger partial charge in [-0.05, 0) is 35.9 Å². The second-order valence-corrected chi connectivity index (χ2v) is 7.01. The number of aromatic nitrogens is 1. The highest BCUT2D eigenvalue weighted by Gasteiger charge is 2.20. The van der Waals surface area contributed by atoms with Crippen molar-refractivity contribution in [1.29, 1.82) is 0 Å². The van der Waals surface area contributed by atoms with Crippen molar-refractivity contribution in [2.24, 2.45) is 0 Å². The summed E-state index contributed by atoms with van der Waals surface area (Å²) in [6.07, 6.45) is -0.199. The average molecular weight is 438 g/mol. The van der Waals surface area contributed by atoms with Crippen molar-refractivity contribution < 1.29 is 29.3 Å². The van der Waals surface area contributed by atoms with E-state index >= 15 is 0 Å². The van der Waals surface area contributed by atoms with Crippen molar-refractivity contribution in [3.8, 4) is 11.5 Å². The first-order valence-corrected chi connectivity index (χ1v) is 9.29. The second kappa shape index (κ2) is 8.63. The molecule has 0 aliphatic rings. The number of carboxylic acid groups (broad SMARTS) is 2. The Morgan fingerprint density at radius 1 is 1.07 bits per heavy atom. The molecule has 0 aliphatic carbocycles. The molecule has 0 bridgehead atoms. The predicted octanol–water partition coefficient (Wildman–Crippen LogP) is 4.56. The quantitative estimate of drug-likeness (QED) is 0.535. The van der Waals surface area contributed by atoms with Gasteiger partial charge in [-0.15, -0.1) is 0 Å². The summed E-state index contributed by atoms with van der Waals surface area (Å²) in [7, 11) is 1.45. The lowest BCUT2D eigenvalue weighted by Crippen LogP contribution is -2.09. The molecule has 9 heteroatoms. The largest absolute Gasteiger partial charge is 0.493 e. The summed E-state index contributed by atoms with van der Waals surface area (Å²) in [5.74, 6) is -1.44. The van der Waals surface area contributed by atoms with Gasteiger partial charge in [0.1, 0.15) is 5.69 Å². The molecule has 2 aromatic carbocycles. The monoisotopic (exact) mass is 437 g/mol. The summed E-state index contributed by atoms with van der Waals surface area (Å²) in [4.78, 5) is 22.7. The molecule has 0 fully saturated rings. The standard InChI is InChI=1S/C20H17Cl2NO6/c1-28-17-5-4-15-12(19(17)29-7-6-18(24)25)9-16(20(26)27)23(15)10-11-2-3-13(21)14(22)8-11/h2-5,8-9H,6-7,10H2,1H3,(H,24,25)(H,26,27). The van der Waals surface area contributed by atoms with Gasteiger partial charge in [0, 0.05) is 11.9 Å². The first kappa shape index (κ1) is 20.8. The second-order valence-electron chi connectivity index (χ2n) is 6.19. The number of nitrogens with zero attached hydrogens (tertiary/aromatic N) is 1. The lowest BCUT2D eigenvalue weighted by atomic mass is 10.2. The van der Waals surface area contributed by atoms with Crippen LogP contribution in [0.25, 0.3) is 10.9 Å². The SMILES string of the molecule is COc1ccc2c(cc(C(=O)O)n2Cc2ccc(Cl)c(Cl)c2)c1OCCC(=O)O. The smallest absolute Gasteiger partial charge is 0.352 e. The molecule has 0 saturated heterocycles. The van der Waals surface area contributed by atoms with Crippen molar-refractivity contribution in [2.75, 3.05) is 13.7 Å². The highest BCUT2D eigenvalue weighted by molar-refractivity contribution is 6.42. The van der Waals surface area contributed by atoms with E-state index in [-0.39, 0.29) is 25.3 Å². The van der Waals surface area contributed by atoms with Crippen LogP contribution in [0.15, 0.2) is 36.4 Å². The van der Waals surface area contributed by atoms with E-state index in [1.54, 1.807) is 34.9 Å². The molecule has 3 aromatic rings. The van der Waals surface area contributed by atoms with Crippen molar-refractivity contribution in [3.63, 3.8) is 0 Å². The van der Waals surface area contributed by atoms with Gasteiger partial charge in [0.2, 0.25) is 0 Å². The van der Waals surface area contributed by atoms with Crippen LogP contribution in [0.4, 0.5) is 0 Å². The van der Waals surface area contributed by atoms with Crippen LogP contribution in [0.1, 0.15) is 22.5 Å². The minimum Gasteiger partial charge on any atom is -0.493 e. The van der Waals surface area contributed by atoms with Gasteiger partial charge in [0.15, 0.2) is 11.5 Å². The Bertz CT molecular complexity index is 1090. The van der Waals surface area contributed by atoms with Crippen LogP contribution < -0.4 is 9.47 Å². The summed E-state index contributed by atoms with van der Waals surface area (Å²) in [6.45, 7) is 0.161. The number of fused-ring (bicyclic) bond motifs is 1. The third kappa shape index (κ3) is 4.41. The normalized spacial score (nSPS) is 10.9. The Hall–Kier alpha value is -2.90. The summed E-state index contributed by atoms with van der Waals surface area (Å²) < 4.78 is 12.6. The van der Waals surface area contributed by atoms with Crippen molar-refractivity contribution >= 4 is 46.0 Å². The first-order chi connectivity index (χ1) is 13.8. The average Bonchev–Trinajstić information content (AvgIpc) is 3.03. The van der Waals surface area contributed by atoms with E-state index in [1.807, 2.05) is 0 Å². The number of halogens is 2. The fourth-order valence-corrected chi connectivity index (χ4v) is 3.33. The van der Waals surface area contributed by atoms with Gasteiger partial charge in [0.25, 0.3) is 0 Å². The molecule has 0 radical (unpaired) electrons. The molecule has 1 heterocycles. The zero-order chi connectivity index (χ0) is 21.1. The number of rotatable bonds is 8. The number of hydrogen-bond donors (Lipinski definition) is 2. The van der Waals surface area contributed by atoms with Gasteiger partial charge in [-0.25, -0.2) is 4.79 Å². The van der Waals surface area contributed by atoms with Gasteiger partial charge in [-0.3, -0.25) is 4.79 Å².